The molecule has 5 rings (SSSR count). The van der Waals surface area contributed by atoms with Crippen molar-refractivity contribution in [3.8, 4) is 45.3 Å². The van der Waals surface area contributed by atoms with E-state index in [0.717, 1.165) is 12.0 Å². The van der Waals surface area contributed by atoms with E-state index in [0.29, 0.717) is 28.7 Å². The molecule has 31 heavy (non-hydrogen) atoms. The predicted octanol–water partition coefficient (Wildman–Crippen LogP) is 6.32. The van der Waals surface area contributed by atoms with E-state index >= 15 is 0 Å². The van der Waals surface area contributed by atoms with E-state index in [1.54, 1.807) is 26.4 Å². The maximum absolute atomic E-state index is 6.11. The van der Waals surface area contributed by atoms with Crippen molar-refractivity contribution < 1.29 is 14.2 Å². The number of ether oxygens (including phenoxy) is 3. The van der Waals surface area contributed by atoms with Gasteiger partial charge in [0, 0.05) is 5.69 Å². The molecule has 2 N–H and O–H groups in total. The predicted molar refractivity (Wildman–Crippen MR) is 124 cm³/mol. The van der Waals surface area contributed by atoms with E-state index in [9.17, 15) is 0 Å². The lowest BCUT2D eigenvalue weighted by Gasteiger charge is -2.17. The van der Waals surface area contributed by atoms with Gasteiger partial charge in [0.1, 0.15) is 5.75 Å². The van der Waals surface area contributed by atoms with Gasteiger partial charge < -0.3 is 19.9 Å². The van der Waals surface area contributed by atoms with Crippen molar-refractivity contribution in [1.29, 1.82) is 0 Å². The Labute approximate surface area is 181 Å². The third-order valence-corrected chi connectivity index (χ3v) is 5.72. The van der Waals surface area contributed by atoms with E-state index < -0.39 is 0 Å². The molecular formula is C27H23NO3. The molecule has 0 atom stereocenters. The summed E-state index contributed by atoms with van der Waals surface area (Å²) in [5.74, 6) is 2.42. The van der Waals surface area contributed by atoms with Crippen LogP contribution >= 0.6 is 0 Å². The van der Waals surface area contributed by atoms with Gasteiger partial charge in [-0.05, 0) is 76.2 Å². The van der Waals surface area contributed by atoms with Crippen LogP contribution in [-0.4, -0.2) is 14.2 Å². The maximum Gasteiger partial charge on any atom is 0.211 e. The van der Waals surface area contributed by atoms with Crippen molar-refractivity contribution in [3.05, 3.63) is 90.0 Å². The normalized spacial score (nSPS) is 11.5. The van der Waals surface area contributed by atoms with E-state index in [-0.39, 0.29) is 0 Å². The lowest BCUT2D eigenvalue weighted by Crippen LogP contribution is -1.97. The zero-order valence-corrected chi connectivity index (χ0v) is 17.5. The second-order valence-corrected chi connectivity index (χ2v) is 7.55. The second-order valence-electron chi connectivity index (χ2n) is 7.55. The molecule has 0 aromatic heterocycles. The molecule has 4 nitrogen and oxygen atoms in total. The summed E-state index contributed by atoms with van der Waals surface area (Å²) in [5.41, 5.74) is 13.9. The summed E-state index contributed by atoms with van der Waals surface area (Å²) in [6, 6.07) is 26.3. The van der Waals surface area contributed by atoms with Crippen LogP contribution in [-0.2, 0) is 6.42 Å². The smallest absolute Gasteiger partial charge is 0.211 e. The van der Waals surface area contributed by atoms with Gasteiger partial charge in [0.25, 0.3) is 0 Å². The highest BCUT2D eigenvalue weighted by molar-refractivity contribution is 5.85. The van der Waals surface area contributed by atoms with Gasteiger partial charge in [-0.1, -0.05) is 42.5 Å². The molecule has 0 amide bonds. The number of rotatable bonds is 5. The summed E-state index contributed by atoms with van der Waals surface area (Å²) >= 11 is 0. The minimum Gasteiger partial charge on any atom is -0.493 e. The number of anilines is 1. The summed E-state index contributed by atoms with van der Waals surface area (Å²) < 4.78 is 17.5. The van der Waals surface area contributed by atoms with Crippen LogP contribution in [0.5, 0.6) is 23.0 Å². The molecule has 0 saturated carbocycles. The summed E-state index contributed by atoms with van der Waals surface area (Å²) in [6.07, 6.45) is 0.913. The number of fused-ring (bicyclic) bond motifs is 3. The van der Waals surface area contributed by atoms with Gasteiger partial charge in [0.05, 0.1) is 14.2 Å². The highest BCUT2D eigenvalue weighted by Crippen LogP contribution is 2.47. The van der Waals surface area contributed by atoms with Gasteiger partial charge in [-0.15, -0.1) is 0 Å². The number of benzene rings is 4. The minimum absolute atomic E-state index is 0.536. The minimum atomic E-state index is 0.536. The fourth-order valence-corrected chi connectivity index (χ4v) is 4.22. The van der Waals surface area contributed by atoms with Crippen LogP contribution in [0.25, 0.3) is 22.3 Å². The van der Waals surface area contributed by atoms with Crippen LogP contribution in [0.3, 0.4) is 0 Å². The molecule has 0 aliphatic heterocycles. The fraction of sp³-hybridized carbons (Fsp3) is 0.111. The highest BCUT2D eigenvalue weighted by atomic mass is 16.5. The number of nitrogens with two attached hydrogens (primary N) is 1. The average Bonchev–Trinajstić information content (AvgIpc) is 3.19. The summed E-state index contributed by atoms with van der Waals surface area (Å²) in [6.45, 7) is 0. The molecule has 4 aromatic carbocycles. The van der Waals surface area contributed by atoms with Crippen molar-refractivity contribution in [3.63, 3.8) is 0 Å². The molecule has 0 fully saturated rings. The van der Waals surface area contributed by atoms with Crippen LogP contribution in [0.1, 0.15) is 11.1 Å². The number of nitrogen functional groups attached to an aromatic ring is 1. The van der Waals surface area contributed by atoms with Gasteiger partial charge in [0.15, 0.2) is 11.5 Å². The van der Waals surface area contributed by atoms with Crippen molar-refractivity contribution in [2.45, 2.75) is 6.42 Å². The second kappa shape index (κ2) is 7.73. The zero-order chi connectivity index (χ0) is 21.4. The Morgan fingerprint density at radius 3 is 2.06 bits per heavy atom. The summed E-state index contributed by atoms with van der Waals surface area (Å²) in [5, 5.41) is 0. The maximum atomic E-state index is 6.11. The van der Waals surface area contributed by atoms with Gasteiger partial charge >= 0.3 is 0 Å². The number of hydrogen-bond acceptors (Lipinski definition) is 4. The van der Waals surface area contributed by atoms with E-state index in [1.807, 2.05) is 24.3 Å². The Hall–Kier alpha value is -3.92. The van der Waals surface area contributed by atoms with E-state index in [2.05, 4.69) is 42.5 Å². The molecule has 4 aromatic rings. The molecule has 0 radical (unpaired) electrons. The molecule has 1 aliphatic carbocycles. The molecule has 0 saturated heterocycles. The van der Waals surface area contributed by atoms with Crippen LogP contribution in [0, 0.1) is 0 Å². The van der Waals surface area contributed by atoms with Gasteiger partial charge in [-0.25, -0.2) is 0 Å². The Morgan fingerprint density at radius 2 is 1.35 bits per heavy atom. The first-order chi connectivity index (χ1) is 15.2. The molecule has 0 bridgehead atoms. The largest absolute Gasteiger partial charge is 0.493 e. The molecule has 0 unspecified atom stereocenters. The van der Waals surface area contributed by atoms with Crippen LogP contribution < -0.4 is 19.9 Å². The molecule has 0 heterocycles. The fourth-order valence-electron chi connectivity index (χ4n) is 4.22. The summed E-state index contributed by atoms with van der Waals surface area (Å²) in [7, 11) is 3.28. The molecule has 154 valence electrons. The van der Waals surface area contributed by atoms with Gasteiger partial charge in [-0.2, -0.15) is 0 Å². The highest BCUT2D eigenvalue weighted by Gasteiger charge is 2.23. The number of methoxy groups -OCH3 is 2. The topological polar surface area (TPSA) is 53.7 Å². The lowest BCUT2D eigenvalue weighted by molar-refractivity contribution is 0.346. The van der Waals surface area contributed by atoms with Crippen molar-refractivity contribution in [2.24, 2.45) is 0 Å². The molecule has 4 heteroatoms. The standard InChI is InChI=1S/C27H23NO3/c1-29-25-15-18(16-26(30-2)27(25)31-20-12-10-19(28)11-13-20)22-8-5-9-23-21-7-4-3-6-17(21)14-24(22)23/h3-13,15-16H,14,28H2,1-2H3. The van der Waals surface area contributed by atoms with Gasteiger partial charge in [0.2, 0.25) is 5.75 Å². The van der Waals surface area contributed by atoms with Crippen LogP contribution in [0.15, 0.2) is 78.9 Å². The first-order valence-electron chi connectivity index (χ1n) is 10.2. The Balaban J connectivity index is 1.60. The zero-order valence-electron chi connectivity index (χ0n) is 17.5. The third kappa shape index (κ3) is 3.36. The SMILES string of the molecule is COc1cc(-c2cccc3c2Cc2ccccc2-3)cc(OC)c1Oc1ccc(N)cc1. The third-order valence-electron chi connectivity index (χ3n) is 5.72. The molecular weight excluding hydrogens is 386 g/mol. The molecule has 1 aliphatic rings. The first kappa shape index (κ1) is 19.1. The van der Waals surface area contributed by atoms with Gasteiger partial charge in [-0.3, -0.25) is 0 Å². The Kier molecular flexibility index (Phi) is 4.75. The monoisotopic (exact) mass is 409 g/mol. The lowest BCUT2D eigenvalue weighted by atomic mass is 9.95. The van der Waals surface area contributed by atoms with Crippen molar-refractivity contribution >= 4 is 5.69 Å². The number of hydrogen-bond donors (Lipinski definition) is 1. The Bertz CT molecular complexity index is 1240. The average molecular weight is 409 g/mol. The Morgan fingerprint density at radius 1 is 0.710 bits per heavy atom. The first-order valence-corrected chi connectivity index (χ1v) is 10.2. The summed E-state index contributed by atoms with van der Waals surface area (Å²) in [4.78, 5) is 0. The van der Waals surface area contributed by atoms with Crippen molar-refractivity contribution in [1.82, 2.24) is 0 Å². The van der Waals surface area contributed by atoms with E-state index in [4.69, 9.17) is 19.9 Å². The van der Waals surface area contributed by atoms with Crippen molar-refractivity contribution in [2.75, 3.05) is 20.0 Å². The van der Waals surface area contributed by atoms with Crippen LogP contribution in [0.2, 0.25) is 0 Å². The van der Waals surface area contributed by atoms with E-state index in [1.165, 1.54) is 27.8 Å². The molecule has 0 spiro atoms. The van der Waals surface area contributed by atoms with Crippen LogP contribution in [0.4, 0.5) is 5.69 Å². The quantitative estimate of drug-likeness (QED) is 0.345.